The van der Waals surface area contributed by atoms with Crippen molar-refractivity contribution < 1.29 is 0 Å². The Labute approximate surface area is 122 Å². The number of nitrogens with two attached hydrogens (primary N) is 1. The largest absolute Gasteiger partial charge is 0.393 e. The first-order valence-corrected chi connectivity index (χ1v) is 7.47. The Balaban J connectivity index is 2.10. The lowest BCUT2D eigenvalue weighted by Gasteiger charge is -2.24. The maximum Gasteiger partial charge on any atom is 0.0740 e. The average Bonchev–Trinajstić information content (AvgIpc) is 3.10. The van der Waals surface area contributed by atoms with Crippen LogP contribution in [0.1, 0.15) is 41.5 Å². The molecule has 1 aliphatic rings. The minimum atomic E-state index is 0.628. The number of nitrogens with zero attached hydrogens (tertiary/aromatic N) is 1. The van der Waals surface area contributed by atoms with E-state index < -0.39 is 0 Å². The minimum absolute atomic E-state index is 0.628. The maximum absolute atomic E-state index is 5.64. The monoisotopic (exact) mass is 276 g/mol. The Hall–Kier alpha value is -0.930. The van der Waals surface area contributed by atoms with Crippen molar-refractivity contribution in [3.8, 4) is 0 Å². The van der Waals surface area contributed by atoms with Crippen molar-refractivity contribution in [1.29, 1.82) is 0 Å². The van der Waals surface area contributed by atoms with Crippen LogP contribution in [0, 0.1) is 20.8 Å². The molecule has 2 N–H and O–H groups in total. The van der Waals surface area contributed by atoms with Crippen molar-refractivity contribution in [2.24, 2.45) is 5.73 Å². The van der Waals surface area contributed by atoms with E-state index in [0.29, 0.717) is 4.99 Å². The van der Waals surface area contributed by atoms with Gasteiger partial charge in [0.25, 0.3) is 0 Å². The highest BCUT2D eigenvalue weighted by atomic mass is 32.1. The molecule has 0 saturated heterocycles. The van der Waals surface area contributed by atoms with E-state index in [1.165, 1.54) is 35.1 Å². The first-order chi connectivity index (χ1) is 8.97. The number of benzene rings is 1. The molecule has 1 aromatic rings. The molecule has 2 rings (SSSR count). The van der Waals surface area contributed by atoms with Gasteiger partial charge in [-0.05, 0) is 50.3 Å². The van der Waals surface area contributed by atoms with Gasteiger partial charge in [-0.3, -0.25) is 4.90 Å². The van der Waals surface area contributed by atoms with Crippen LogP contribution in [0.15, 0.2) is 12.1 Å². The molecule has 1 saturated carbocycles. The normalized spacial score (nSPS) is 14.9. The van der Waals surface area contributed by atoms with Crippen LogP contribution in [-0.2, 0) is 6.54 Å². The number of aryl methyl sites for hydroxylation is 3. The van der Waals surface area contributed by atoms with E-state index in [4.69, 9.17) is 18.0 Å². The predicted octanol–water partition coefficient (Wildman–Crippen LogP) is 3.25. The molecule has 0 heterocycles. The fourth-order valence-corrected chi connectivity index (χ4v) is 2.84. The Morgan fingerprint density at radius 2 is 1.84 bits per heavy atom. The van der Waals surface area contributed by atoms with Crippen LogP contribution in [0.4, 0.5) is 0 Å². The van der Waals surface area contributed by atoms with Crippen LogP contribution < -0.4 is 5.73 Å². The highest BCUT2D eigenvalue weighted by Crippen LogP contribution is 2.30. The van der Waals surface area contributed by atoms with Crippen LogP contribution in [0.3, 0.4) is 0 Å². The highest BCUT2D eigenvalue weighted by Gasteiger charge is 2.29. The Kier molecular flexibility index (Phi) is 4.58. The maximum atomic E-state index is 5.64. The zero-order chi connectivity index (χ0) is 14.0. The number of rotatable bonds is 6. The molecule has 19 heavy (non-hydrogen) atoms. The summed E-state index contributed by atoms with van der Waals surface area (Å²) in [6.45, 7) is 8.62. The highest BCUT2D eigenvalue weighted by molar-refractivity contribution is 7.80. The van der Waals surface area contributed by atoms with E-state index in [9.17, 15) is 0 Å². The summed E-state index contributed by atoms with van der Waals surface area (Å²) < 4.78 is 0. The fraction of sp³-hybridized carbons (Fsp3) is 0.562. The van der Waals surface area contributed by atoms with E-state index in [1.54, 1.807) is 0 Å². The van der Waals surface area contributed by atoms with E-state index in [-0.39, 0.29) is 0 Å². The summed E-state index contributed by atoms with van der Waals surface area (Å²) in [5.41, 5.74) is 11.3. The van der Waals surface area contributed by atoms with Gasteiger partial charge in [0, 0.05) is 25.6 Å². The molecule has 0 bridgehead atoms. The van der Waals surface area contributed by atoms with Crippen molar-refractivity contribution in [3.05, 3.63) is 34.4 Å². The zero-order valence-electron chi connectivity index (χ0n) is 12.2. The van der Waals surface area contributed by atoms with E-state index >= 15 is 0 Å². The third-order valence-corrected chi connectivity index (χ3v) is 4.11. The van der Waals surface area contributed by atoms with Crippen LogP contribution >= 0.6 is 12.2 Å². The summed E-state index contributed by atoms with van der Waals surface area (Å²) in [4.78, 5) is 3.17. The molecule has 0 unspecified atom stereocenters. The van der Waals surface area contributed by atoms with Crippen molar-refractivity contribution in [2.45, 2.75) is 52.6 Å². The fourth-order valence-electron chi connectivity index (χ4n) is 2.75. The molecule has 1 aromatic carbocycles. The van der Waals surface area contributed by atoms with Gasteiger partial charge in [-0.2, -0.15) is 0 Å². The molecule has 0 aromatic heterocycles. The molecular weight excluding hydrogens is 252 g/mol. The van der Waals surface area contributed by atoms with Gasteiger partial charge in [-0.1, -0.05) is 29.9 Å². The van der Waals surface area contributed by atoms with Crippen molar-refractivity contribution in [3.63, 3.8) is 0 Å². The van der Waals surface area contributed by atoms with Gasteiger partial charge in [0.1, 0.15) is 0 Å². The lowest BCUT2D eigenvalue weighted by molar-refractivity contribution is 0.261. The molecule has 1 fully saturated rings. The van der Waals surface area contributed by atoms with Crippen molar-refractivity contribution in [2.75, 3.05) is 6.54 Å². The Morgan fingerprint density at radius 1 is 1.26 bits per heavy atom. The molecule has 0 atom stereocenters. The second-order valence-corrected chi connectivity index (χ2v) is 6.32. The summed E-state index contributed by atoms with van der Waals surface area (Å²) in [7, 11) is 0. The quantitative estimate of drug-likeness (QED) is 0.809. The third-order valence-electron chi connectivity index (χ3n) is 3.91. The minimum Gasteiger partial charge on any atom is -0.393 e. The summed E-state index contributed by atoms with van der Waals surface area (Å²) in [6, 6.07) is 5.30. The summed E-state index contributed by atoms with van der Waals surface area (Å²) in [5.74, 6) is 0. The number of hydrogen-bond acceptors (Lipinski definition) is 2. The number of thiocarbonyl (C=S) groups is 1. The molecule has 3 heteroatoms. The van der Waals surface area contributed by atoms with Crippen molar-refractivity contribution >= 4 is 17.2 Å². The third kappa shape index (κ3) is 4.02. The van der Waals surface area contributed by atoms with Gasteiger partial charge in [-0.25, -0.2) is 0 Å². The molecule has 0 radical (unpaired) electrons. The number of hydrogen-bond donors (Lipinski definition) is 1. The van der Waals surface area contributed by atoms with Crippen LogP contribution in [0.25, 0.3) is 0 Å². The van der Waals surface area contributed by atoms with E-state index in [1.807, 2.05) is 0 Å². The van der Waals surface area contributed by atoms with E-state index in [0.717, 1.165) is 25.6 Å². The molecule has 0 spiro atoms. The second-order valence-electron chi connectivity index (χ2n) is 5.80. The van der Waals surface area contributed by atoms with Gasteiger partial charge in [0.05, 0.1) is 4.99 Å². The average molecular weight is 276 g/mol. The topological polar surface area (TPSA) is 29.3 Å². The Morgan fingerprint density at radius 3 is 2.32 bits per heavy atom. The van der Waals surface area contributed by atoms with Gasteiger partial charge in [0.15, 0.2) is 0 Å². The Bertz CT molecular complexity index is 455. The van der Waals surface area contributed by atoms with Crippen LogP contribution in [0.5, 0.6) is 0 Å². The van der Waals surface area contributed by atoms with Crippen molar-refractivity contribution in [1.82, 2.24) is 4.90 Å². The molecule has 0 amide bonds. The zero-order valence-corrected chi connectivity index (χ0v) is 13.0. The lowest BCUT2D eigenvalue weighted by Crippen LogP contribution is -2.30. The van der Waals surface area contributed by atoms with Gasteiger partial charge < -0.3 is 5.73 Å². The SMILES string of the molecule is Cc1cc(C)c(CN(CCC(N)=S)C2CC2)c(C)c1. The lowest BCUT2D eigenvalue weighted by atomic mass is 9.99. The molecule has 0 aliphatic heterocycles. The summed E-state index contributed by atoms with van der Waals surface area (Å²) in [5, 5.41) is 0. The van der Waals surface area contributed by atoms with E-state index in [2.05, 4.69) is 37.8 Å². The first-order valence-electron chi connectivity index (χ1n) is 7.06. The molecular formula is C16H24N2S. The molecule has 2 nitrogen and oxygen atoms in total. The smallest absolute Gasteiger partial charge is 0.0740 e. The van der Waals surface area contributed by atoms with Gasteiger partial charge in [-0.15, -0.1) is 0 Å². The van der Waals surface area contributed by atoms with Gasteiger partial charge >= 0.3 is 0 Å². The van der Waals surface area contributed by atoms with Crippen LogP contribution in [0.2, 0.25) is 0 Å². The van der Waals surface area contributed by atoms with Gasteiger partial charge in [0.2, 0.25) is 0 Å². The van der Waals surface area contributed by atoms with Crippen LogP contribution in [-0.4, -0.2) is 22.5 Å². The molecule has 1 aliphatic carbocycles. The summed E-state index contributed by atoms with van der Waals surface area (Å²) >= 11 is 5.01. The summed E-state index contributed by atoms with van der Waals surface area (Å²) in [6.07, 6.45) is 3.47. The standard InChI is InChI=1S/C16H24N2S/c1-11-8-12(2)15(13(3)9-11)10-18(14-4-5-14)7-6-16(17)19/h8-9,14H,4-7,10H2,1-3H3,(H2,17,19). The second kappa shape index (κ2) is 6.02. The first kappa shape index (κ1) is 14.5. The molecule has 104 valence electrons. The predicted molar refractivity (Wildman–Crippen MR) is 85.5 cm³/mol.